The number of ether oxygens (including phenoxy) is 2. The van der Waals surface area contributed by atoms with Crippen LogP contribution >= 0.6 is 0 Å². The van der Waals surface area contributed by atoms with Crippen molar-refractivity contribution in [3.63, 3.8) is 0 Å². The Labute approximate surface area is 196 Å². The quantitative estimate of drug-likeness (QED) is 0.298. The molecular formula is C28H22N2O4. The highest BCUT2D eigenvalue weighted by molar-refractivity contribution is 5.94. The van der Waals surface area contributed by atoms with Gasteiger partial charge < -0.3 is 19.2 Å². The van der Waals surface area contributed by atoms with Crippen LogP contribution in [0.25, 0.3) is 22.6 Å². The van der Waals surface area contributed by atoms with E-state index >= 15 is 0 Å². The lowest BCUT2D eigenvalue weighted by atomic mass is 10.2. The van der Waals surface area contributed by atoms with Crippen LogP contribution in [0, 0.1) is 6.92 Å². The fourth-order valence-corrected chi connectivity index (χ4v) is 3.46. The maximum absolute atomic E-state index is 13.1. The van der Waals surface area contributed by atoms with E-state index in [1.165, 1.54) is 0 Å². The first-order chi connectivity index (χ1) is 16.6. The van der Waals surface area contributed by atoms with Crippen LogP contribution in [0.15, 0.2) is 108 Å². The molecule has 1 aromatic heterocycles. The van der Waals surface area contributed by atoms with E-state index in [1.54, 1.807) is 36.4 Å². The van der Waals surface area contributed by atoms with Crippen LogP contribution in [0.5, 0.6) is 11.5 Å². The molecule has 0 aliphatic rings. The number of oxazole rings is 1. The van der Waals surface area contributed by atoms with Crippen molar-refractivity contribution in [1.82, 2.24) is 4.98 Å². The van der Waals surface area contributed by atoms with Crippen molar-refractivity contribution in [3.8, 4) is 23.0 Å². The molecular weight excluding hydrogens is 428 g/mol. The third-order valence-corrected chi connectivity index (χ3v) is 5.11. The van der Waals surface area contributed by atoms with Gasteiger partial charge in [0.2, 0.25) is 5.89 Å². The molecule has 0 bridgehead atoms. The minimum atomic E-state index is -1.19. The zero-order valence-corrected chi connectivity index (χ0v) is 18.5. The summed E-state index contributed by atoms with van der Waals surface area (Å²) in [6.45, 7) is 2.00. The van der Waals surface area contributed by atoms with E-state index < -0.39 is 12.2 Å². The van der Waals surface area contributed by atoms with Crippen molar-refractivity contribution >= 4 is 22.7 Å². The number of fused-ring (bicyclic) bond motifs is 1. The number of benzene rings is 4. The standard InChI is InChI=1S/C28H22N2O4/c1-19-15-16-24-25(17-19)34-27(30-24)20-9-8-10-21(18-20)29-26(31)28(32-22-11-4-2-5-12-22)33-23-13-6-3-7-14-23/h2-18,28H,1H3,(H,29,31). The first-order valence-electron chi connectivity index (χ1n) is 10.9. The van der Waals surface area contributed by atoms with Gasteiger partial charge in [0.25, 0.3) is 0 Å². The highest BCUT2D eigenvalue weighted by Crippen LogP contribution is 2.27. The number of carbonyl (C=O) groups excluding carboxylic acids is 1. The van der Waals surface area contributed by atoms with E-state index in [9.17, 15) is 4.79 Å². The monoisotopic (exact) mass is 450 g/mol. The number of hydrogen-bond acceptors (Lipinski definition) is 5. The van der Waals surface area contributed by atoms with Crippen LogP contribution in [0.1, 0.15) is 5.56 Å². The van der Waals surface area contributed by atoms with Crippen molar-refractivity contribution < 1.29 is 18.7 Å². The Hall–Kier alpha value is -4.58. The fourth-order valence-electron chi connectivity index (χ4n) is 3.46. The molecule has 0 spiro atoms. The number of para-hydroxylation sites is 2. The highest BCUT2D eigenvalue weighted by atomic mass is 16.7. The van der Waals surface area contributed by atoms with E-state index in [4.69, 9.17) is 13.9 Å². The zero-order chi connectivity index (χ0) is 23.3. The number of amides is 1. The molecule has 1 N–H and O–H groups in total. The molecule has 0 aliphatic heterocycles. The van der Waals surface area contributed by atoms with Gasteiger partial charge >= 0.3 is 12.2 Å². The van der Waals surface area contributed by atoms with Crippen LogP contribution in [-0.4, -0.2) is 17.2 Å². The molecule has 5 rings (SSSR count). The Bertz CT molecular complexity index is 1370. The predicted octanol–water partition coefficient (Wildman–Crippen LogP) is 6.23. The molecule has 0 fully saturated rings. The highest BCUT2D eigenvalue weighted by Gasteiger charge is 2.23. The zero-order valence-electron chi connectivity index (χ0n) is 18.5. The Kier molecular flexibility index (Phi) is 5.95. The predicted molar refractivity (Wildman–Crippen MR) is 131 cm³/mol. The summed E-state index contributed by atoms with van der Waals surface area (Å²) in [5, 5.41) is 2.88. The first kappa shape index (κ1) is 21.3. The summed E-state index contributed by atoms with van der Waals surface area (Å²) in [4.78, 5) is 17.7. The van der Waals surface area contributed by atoms with Gasteiger partial charge in [-0.25, -0.2) is 4.98 Å². The minimum absolute atomic E-state index is 0.446. The largest absolute Gasteiger partial charge is 0.446 e. The van der Waals surface area contributed by atoms with Crippen molar-refractivity contribution in [2.75, 3.05) is 5.32 Å². The second kappa shape index (κ2) is 9.50. The average Bonchev–Trinajstić information content (AvgIpc) is 3.28. The van der Waals surface area contributed by atoms with Gasteiger partial charge in [0.1, 0.15) is 17.0 Å². The molecule has 0 aliphatic carbocycles. The van der Waals surface area contributed by atoms with Gasteiger partial charge in [-0.15, -0.1) is 0 Å². The van der Waals surface area contributed by atoms with Crippen molar-refractivity contribution in [1.29, 1.82) is 0 Å². The summed E-state index contributed by atoms with van der Waals surface area (Å²) < 4.78 is 17.6. The van der Waals surface area contributed by atoms with E-state index in [2.05, 4.69) is 10.3 Å². The SMILES string of the molecule is Cc1ccc2nc(-c3cccc(NC(=O)C(Oc4ccccc4)Oc4ccccc4)c3)oc2c1. The van der Waals surface area contributed by atoms with E-state index in [-0.39, 0.29) is 0 Å². The van der Waals surface area contributed by atoms with Gasteiger partial charge in [0.15, 0.2) is 5.58 Å². The van der Waals surface area contributed by atoms with Crippen LogP contribution in [-0.2, 0) is 4.79 Å². The van der Waals surface area contributed by atoms with E-state index in [1.807, 2.05) is 73.7 Å². The molecule has 4 aromatic carbocycles. The van der Waals surface area contributed by atoms with Gasteiger partial charge in [0.05, 0.1) is 0 Å². The molecule has 0 atom stereocenters. The van der Waals surface area contributed by atoms with Crippen LogP contribution in [0.2, 0.25) is 0 Å². The lowest BCUT2D eigenvalue weighted by Gasteiger charge is -2.20. The number of nitrogens with zero attached hydrogens (tertiary/aromatic N) is 1. The first-order valence-corrected chi connectivity index (χ1v) is 10.9. The average molecular weight is 450 g/mol. The molecule has 0 saturated heterocycles. The Morgan fingerprint density at radius 1 is 0.824 bits per heavy atom. The molecule has 0 saturated carbocycles. The maximum Gasteiger partial charge on any atom is 0.321 e. The molecule has 0 radical (unpaired) electrons. The maximum atomic E-state index is 13.1. The van der Waals surface area contributed by atoms with Gasteiger partial charge in [-0.3, -0.25) is 4.79 Å². The smallest absolute Gasteiger partial charge is 0.321 e. The number of nitrogens with one attached hydrogen (secondary N) is 1. The van der Waals surface area contributed by atoms with E-state index in [0.717, 1.165) is 22.2 Å². The Morgan fingerprint density at radius 2 is 1.50 bits per heavy atom. The molecule has 1 heterocycles. The molecule has 6 nitrogen and oxygen atoms in total. The molecule has 6 heteroatoms. The number of aromatic nitrogens is 1. The summed E-state index contributed by atoms with van der Waals surface area (Å²) in [6.07, 6.45) is -1.19. The topological polar surface area (TPSA) is 73.6 Å². The Balaban J connectivity index is 1.38. The molecule has 1 amide bonds. The molecule has 34 heavy (non-hydrogen) atoms. The summed E-state index contributed by atoms with van der Waals surface area (Å²) >= 11 is 0. The van der Waals surface area contributed by atoms with Gasteiger partial charge in [-0.2, -0.15) is 0 Å². The lowest BCUT2D eigenvalue weighted by molar-refractivity contribution is -0.134. The second-order valence-electron chi connectivity index (χ2n) is 7.75. The number of rotatable bonds is 7. The van der Waals surface area contributed by atoms with Gasteiger partial charge in [-0.1, -0.05) is 48.5 Å². The van der Waals surface area contributed by atoms with E-state index in [0.29, 0.717) is 23.1 Å². The number of hydrogen-bond donors (Lipinski definition) is 1. The summed E-state index contributed by atoms with van der Waals surface area (Å²) in [5.74, 6) is 1.08. The van der Waals surface area contributed by atoms with Crippen molar-refractivity contribution in [3.05, 3.63) is 109 Å². The number of carbonyl (C=O) groups is 1. The number of anilines is 1. The van der Waals surface area contributed by atoms with Gasteiger partial charge in [-0.05, 0) is 67.1 Å². The molecule has 0 unspecified atom stereocenters. The summed E-state index contributed by atoms with van der Waals surface area (Å²) in [7, 11) is 0. The summed E-state index contributed by atoms with van der Waals surface area (Å²) in [5.41, 5.74) is 3.91. The van der Waals surface area contributed by atoms with Crippen LogP contribution < -0.4 is 14.8 Å². The third-order valence-electron chi connectivity index (χ3n) is 5.11. The lowest BCUT2D eigenvalue weighted by Crippen LogP contribution is -2.38. The van der Waals surface area contributed by atoms with Gasteiger partial charge in [0, 0.05) is 11.3 Å². The van der Waals surface area contributed by atoms with Crippen LogP contribution in [0.3, 0.4) is 0 Å². The Morgan fingerprint density at radius 3 is 2.18 bits per heavy atom. The van der Waals surface area contributed by atoms with Crippen molar-refractivity contribution in [2.24, 2.45) is 0 Å². The fraction of sp³-hybridized carbons (Fsp3) is 0.0714. The molecule has 168 valence electrons. The minimum Gasteiger partial charge on any atom is -0.446 e. The molecule has 5 aromatic rings. The van der Waals surface area contributed by atoms with Crippen molar-refractivity contribution in [2.45, 2.75) is 13.2 Å². The number of aryl methyl sites for hydroxylation is 1. The second-order valence-corrected chi connectivity index (χ2v) is 7.75. The third kappa shape index (κ3) is 4.91. The van der Waals surface area contributed by atoms with Crippen LogP contribution in [0.4, 0.5) is 5.69 Å². The summed E-state index contributed by atoms with van der Waals surface area (Å²) in [6, 6.07) is 31.3. The normalized spacial score (nSPS) is 10.9.